The number of hydrogen-bond donors (Lipinski definition) is 1. The molecule has 6 atom stereocenters. The number of halogens is 3. The van der Waals surface area contributed by atoms with Crippen molar-refractivity contribution in [3.8, 4) is 0 Å². The van der Waals surface area contributed by atoms with Crippen molar-refractivity contribution in [2.75, 3.05) is 12.4 Å². The number of rotatable bonds is 39. The molecule has 0 aliphatic rings. The number of ether oxygens (including phenoxy) is 1. The van der Waals surface area contributed by atoms with Gasteiger partial charge in [-0.3, -0.25) is 4.79 Å². The largest absolute Gasteiger partial charge is 0.430 e. The van der Waals surface area contributed by atoms with Crippen molar-refractivity contribution >= 4 is 141 Å². The van der Waals surface area contributed by atoms with E-state index in [-0.39, 0.29) is 5.56 Å². The van der Waals surface area contributed by atoms with E-state index in [2.05, 4.69) is 182 Å². The zero-order chi connectivity index (χ0) is 76.4. The number of carbonyl (C=O) groups is 1. The van der Waals surface area contributed by atoms with Gasteiger partial charge < -0.3 is 10.1 Å². The first-order valence-corrected chi connectivity index (χ1v) is 43.0. The van der Waals surface area contributed by atoms with Crippen LogP contribution in [0.1, 0.15) is 266 Å². The van der Waals surface area contributed by atoms with Gasteiger partial charge in [-0.15, -0.1) is 0 Å². The van der Waals surface area contributed by atoms with E-state index in [0.717, 1.165) is 98.2 Å². The molecule has 0 heterocycles. The molecule has 3 nitrogen and oxygen atoms in total. The standard InChI is InChI=1S/C102H126F3NO2/c1-59(2)25-20-30-64(11)37-42-69-47-76-78-49-70(43-38-65(12)31-21-26-60(3)4)51-80-82-53-72(45-40-67(14)33-23-28-62(7)8)55-84-86-57-75(106-100(107)101(108-16,102(103,104)105)74-35-18-17-19-36-74)58-87-85-56-73(46-41-68(15)34-24-29-63(9)10)54-83-81-52-71(44-39-66(13)32-22-27-61(5)6)50-79-77(48-69)88(76)94-95(89(78)80)97(91(82)84)99(93(86)87)98(92(83)85)96(94)90(79)81/h17-19,35-36,47-68H,20-34,37-46H2,1-16H3,(H,106,107)/t64?,65?,66?,67?,68?,101-/m0/s1. The molecule has 0 aliphatic heterocycles. The quantitative estimate of drug-likeness (QED) is 0.0308. The van der Waals surface area contributed by atoms with E-state index in [1.165, 1.54) is 239 Å². The van der Waals surface area contributed by atoms with Crippen molar-refractivity contribution in [3.63, 3.8) is 0 Å². The van der Waals surface area contributed by atoms with Crippen LogP contribution in [0.15, 0.2) is 103 Å². The first-order valence-electron chi connectivity index (χ1n) is 43.0. The summed E-state index contributed by atoms with van der Waals surface area (Å²) < 4.78 is 54.4. The summed E-state index contributed by atoms with van der Waals surface area (Å²) in [5.41, 5.74) is 3.52. The van der Waals surface area contributed by atoms with Gasteiger partial charge in [-0.2, -0.15) is 13.2 Å². The summed E-state index contributed by atoms with van der Waals surface area (Å²) >= 11 is 0. The molecule has 0 spiro atoms. The molecule has 14 rings (SSSR count). The SMILES string of the molecule is CO[C@](C(=O)Nc1cc2c3cc(CCC(C)CCCC(C)C)cc4c5cc(CCC(C)CCCC(C)C)cc6c7cc(CCC(C)CCCC(C)C)cc8c9cc(CCC(C)CCCC(C)C)cc%10c%11cc(CCC(C)CCCC(C)C)cc%12c(c1)c2c1c(c43)c(c65)c(c78)c(c9%10)c1c%11%12)(c1ccccc1)C(F)(F)F. The van der Waals surface area contributed by atoms with Crippen molar-refractivity contribution in [3.05, 3.63) is 137 Å². The molecule has 0 bridgehead atoms. The van der Waals surface area contributed by atoms with Crippen molar-refractivity contribution in [1.29, 1.82) is 0 Å². The van der Waals surface area contributed by atoms with Gasteiger partial charge in [0.05, 0.1) is 0 Å². The number of benzene rings is 14. The molecule has 14 aromatic rings. The second-order valence-corrected chi connectivity index (χ2v) is 37.6. The maximum Gasteiger partial charge on any atom is 0.430 e. The second kappa shape index (κ2) is 32.0. The molecule has 0 aromatic heterocycles. The lowest BCUT2D eigenvalue weighted by Crippen LogP contribution is -2.53. The highest BCUT2D eigenvalue weighted by atomic mass is 19.4. The Morgan fingerprint density at radius 1 is 0.306 bits per heavy atom. The third-order valence-electron chi connectivity index (χ3n) is 26.4. The summed E-state index contributed by atoms with van der Waals surface area (Å²) in [6.07, 6.45) is 23.5. The second-order valence-electron chi connectivity index (χ2n) is 37.6. The van der Waals surface area contributed by atoms with Crippen LogP contribution < -0.4 is 5.32 Å². The van der Waals surface area contributed by atoms with Crippen molar-refractivity contribution in [2.45, 2.75) is 276 Å². The third-order valence-corrected chi connectivity index (χ3v) is 26.4. The van der Waals surface area contributed by atoms with Gasteiger partial charge in [0.2, 0.25) is 0 Å². The van der Waals surface area contributed by atoms with Crippen molar-refractivity contribution in [1.82, 2.24) is 0 Å². The smallest absolute Gasteiger partial charge is 0.356 e. The first kappa shape index (κ1) is 77.7. The van der Waals surface area contributed by atoms with E-state index in [0.29, 0.717) is 64.9 Å². The zero-order valence-electron chi connectivity index (χ0n) is 68.7. The summed E-state index contributed by atoms with van der Waals surface area (Å²) in [6, 6.07) is 37.6. The molecule has 0 aliphatic carbocycles. The van der Waals surface area contributed by atoms with Crippen LogP contribution in [0, 0.1) is 59.2 Å². The molecule has 0 radical (unpaired) electrons. The van der Waals surface area contributed by atoms with E-state index < -0.39 is 17.7 Å². The molecular weight excluding hydrogens is 1330 g/mol. The predicted octanol–water partition coefficient (Wildman–Crippen LogP) is 31.2. The van der Waals surface area contributed by atoms with Crippen LogP contribution in [0.5, 0.6) is 0 Å². The monoisotopic (exact) mass is 1450 g/mol. The fourth-order valence-corrected chi connectivity index (χ4v) is 20.2. The highest BCUT2D eigenvalue weighted by molar-refractivity contribution is 6.61. The van der Waals surface area contributed by atoms with Gasteiger partial charge >= 0.3 is 6.18 Å². The van der Waals surface area contributed by atoms with Gasteiger partial charge in [-0.05, 0) is 293 Å². The minimum Gasteiger partial charge on any atom is -0.356 e. The average Bonchev–Trinajstić information content (AvgIpc) is 0.642. The van der Waals surface area contributed by atoms with Crippen LogP contribution >= 0.6 is 0 Å². The molecule has 572 valence electrons. The number of amides is 1. The number of fused-ring (bicyclic) bond motifs is 6. The summed E-state index contributed by atoms with van der Waals surface area (Å²) in [6.45, 7) is 35.8. The van der Waals surface area contributed by atoms with Crippen LogP contribution in [0.2, 0.25) is 0 Å². The fourth-order valence-electron chi connectivity index (χ4n) is 20.2. The lowest BCUT2D eigenvalue weighted by molar-refractivity contribution is -0.263. The maximum atomic E-state index is 16.3. The number of aryl methyl sites for hydroxylation is 5. The van der Waals surface area contributed by atoms with E-state index in [4.69, 9.17) is 4.74 Å². The maximum absolute atomic E-state index is 16.3. The topological polar surface area (TPSA) is 38.3 Å². The van der Waals surface area contributed by atoms with Gasteiger partial charge in [0.15, 0.2) is 0 Å². The average molecular weight is 1460 g/mol. The fraction of sp³-hybridized carbons (Fsp3) is 0.520. The van der Waals surface area contributed by atoms with Crippen LogP contribution in [0.25, 0.3) is 129 Å². The normalized spacial score (nSPS) is 15.2. The Bertz CT molecular complexity index is 5110. The Kier molecular flexibility index (Phi) is 23.0. The molecule has 1 N–H and O–H groups in total. The molecule has 0 fully saturated rings. The molecule has 0 saturated carbocycles. The number of carbonyl (C=O) groups excluding carboxylic acids is 1. The van der Waals surface area contributed by atoms with Crippen LogP contribution in [-0.4, -0.2) is 19.2 Å². The van der Waals surface area contributed by atoms with E-state index in [1.54, 1.807) is 18.2 Å². The Morgan fingerprint density at radius 3 is 0.713 bits per heavy atom. The minimum absolute atomic E-state index is 0.270. The minimum atomic E-state index is -5.11. The number of anilines is 1. The molecule has 6 heteroatoms. The Labute approximate surface area is 644 Å². The lowest BCUT2D eigenvalue weighted by atomic mass is 9.72. The highest BCUT2D eigenvalue weighted by Gasteiger charge is 2.62. The summed E-state index contributed by atoms with van der Waals surface area (Å²) in [5, 5.41) is 33.4. The zero-order valence-corrected chi connectivity index (χ0v) is 68.7. The van der Waals surface area contributed by atoms with Gasteiger partial charge in [0, 0.05) is 18.4 Å². The molecule has 5 unspecified atom stereocenters. The molecule has 14 aromatic carbocycles. The molecule has 0 saturated heterocycles. The number of alkyl halides is 3. The summed E-state index contributed by atoms with van der Waals surface area (Å²) in [5.74, 6) is 4.93. The first-order chi connectivity index (χ1) is 51.7. The van der Waals surface area contributed by atoms with Gasteiger partial charge in [0.1, 0.15) is 0 Å². The van der Waals surface area contributed by atoms with Crippen LogP contribution in [0.3, 0.4) is 0 Å². The lowest BCUT2D eigenvalue weighted by Gasteiger charge is -2.33. The Morgan fingerprint density at radius 2 is 0.519 bits per heavy atom. The van der Waals surface area contributed by atoms with Gasteiger partial charge in [0.25, 0.3) is 11.5 Å². The Hall–Kier alpha value is -7.02. The van der Waals surface area contributed by atoms with Gasteiger partial charge in [-0.1, -0.05) is 291 Å². The van der Waals surface area contributed by atoms with Crippen LogP contribution in [0.4, 0.5) is 18.9 Å². The summed E-state index contributed by atoms with van der Waals surface area (Å²) in [7, 11) is 1.01. The van der Waals surface area contributed by atoms with Crippen LogP contribution in [-0.2, 0) is 47.2 Å². The highest BCUT2D eigenvalue weighted by Crippen LogP contribution is 2.62. The molecular formula is C102H126F3NO2. The van der Waals surface area contributed by atoms with Crippen molar-refractivity contribution in [2.24, 2.45) is 59.2 Å². The van der Waals surface area contributed by atoms with E-state index >= 15 is 18.0 Å². The predicted molar refractivity (Wildman–Crippen MR) is 464 cm³/mol. The number of hydrogen-bond acceptors (Lipinski definition) is 2. The van der Waals surface area contributed by atoms with Crippen molar-refractivity contribution < 1.29 is 22.7 Å². The van der Waals surface area contributed by atoms with Gasteiger partial charge in [-0.25, -0.2) is 0 Å². The van der Waals surface area contributed by atoms with E-state index in [1.807, 2.05) is 0 Å². The molecule has 108 heavy (non-hydrogen) atoms. The summed E-state index contributed by atoms with van der Waals surface area (Å²) in [4.78, 5) is 15.5. The number of methoxy groups -OCH3 is 1. The van der Waals surface area contributed by atoms with E-state index in [9.17, 15) is 0 Å². The Balaban J connectivity index is 1.14. The number of nitrogens with one attached hydrogen (secondary N) is 1. The molecule has 1 amide bonds. The third kappa shape index (κ3) is 15.0.